The van der Waals surface area contributed by atoms with Gasteiger partial charge in [0.25, 0.3) is 5.91 Å². The first-order valence-electron chi connectivity index (χ1n) is 8.55. The summed E-state index contributed by atoms with van der Waals surface area (Å²) in [6.45, 7) is 14.1. The van der Waals surface area contributed by atoms with Crippen LogP contribution in [0.25, 0.3) is 0 Å². The minimum Gasteiger partial charge on any atom is -0.490 e. The van der Waals surface area contributed by atoms with Crippen molar-refractivity contribution in [1.82, 2.24) is 5.32 Å². The van der Waals surface area contributed by atoms with E-state index < -0.39 is 5.91 Å². The summed E-state index contributed by atoms with van der Waals surface area (Å²) in [4.78, 5) is 11.0. The van der Waals surface area contributed by atoms with Gasteiger partial charge in [-0.2, -0.15) is 0 Å². The van der Waals surface area contributed by atoms with Crippen molar-refractivity contribution in [3.05, 3.63) is 22.2 Å². The van der Waals surface area contributed by atoms with Crippen LogP contribution in [-0.4, -0.2) is 24.7 Å². The number of ether oxygens (including phenoxy) is 2. The molecule has 1 amide bonds. The number of amides is 1. The second kappa shape index (κ2) is 8.90. The van der Waals surface area contributed by atoms with Gasteiger partial charge in [0.1, 0.15) is 0 Å². The number of benzene rings is 1. The Kier molecular flexibility index (Phi) is 7.75. The molecule has 0 saturated carbocycles. The summed E-state index contributed by atoms with van der Waals surface area (Å²) in [5.41, 5.74) is 6.49. The fourth-order valence-corrected chi connectivity index (χ4v) is 3.60. The maximum Gasteiger partial charge on any atom is 0.255 e. The Labute approximate surface area is 159 Å². The topological polar surface area (TPSA) is 73.6 Å². The third-order valence-electron chi connectivity index (χ3n) is 3.47. The van der Waals surface area contributed by atoms with E-state index in [2.05, 4.69) is 55.9 Å². The SMILES string of the molecule is CCOc1cc(CNC(C)(C)CC(C)(C)C)cc(Br)c1OCC(N)=O. The van der Waals surface area contributed by atoms with Gasteiger partial charge in [0.15, 0.2) is 18.1 Å². The van der Waals surface area contributed by atoms with E-state index in [1.165, 1.54) is 0 Å². The van der Waals surface area contributed by atoms with Gasteiger partial charge in [0.2, 0.25) is 0 Å². The molecule has 0 fully saturated rings. The van der Waals surface area contributed by atoms with E-state index in [-0.39, 0.29) is 17.6 Å². The Morgan fingerprint density at radius 3 is 2.36 bits per heavy atom. The van der Waals surface area contributed by atoms with Crippen molar-refractivity contribution in [1.29, 1.82) is 0 Å². The summed E-state index contributed by atoms with van der Waals surface area (Å²) in [6, 6.07) is 3.91. The van der Waals surface area contributed by atoms with Crippen LogP contribution in [0.5, 0.6) is 11.5 Å². The lowest BCUT2D eigenvalue weighted by Gasteiger charge is -2.33. The highest BCUT2D eigenvalue weighted by molar-refractivity contribution is 9.10. The van der Waals surface area contributed by atoms with Crippen molar-refractivity contribution in [3.63, 3.8) is 0 Å². The molecule has 1 aromatic carbocycles. The Morgan fingerprint density at radius 1 is 1.20 bits per heavy atom. The van der Waals surface area contributed by atoms with Gasteiger partial charge < -0.3 is 20.5 Å². The van der Waals surface area contributed by atoms with E-state index in [0.29, 0.717) is 24.7 Å². The number of hydrogen-bond donors (Lipinski definition) is 2. The molecule has 142 valence electrons. The third-order valence-corrected chi connectivity index (χ3v) is 4.06. The molecule has 5 nitrogen and oxygen atoms in total. The summed E-state index contributed by atoms with van der Waals surface area (Å²) in [5, 5.41) is 3.61. The highest BCUT2D eigenvalue weighted by Crippen LogP contribution is 2.37. The van der Waals surface area contributed by atoms with Crippen LogP contribution in [0.15, 0.2) is 16.6 Å². The molecule has 0 aliphatic heterocycles. The molecule has 0 aliphatic carbocycles. The number of hydrogen-bond acceptors (Lipinski definition) is 4. The van der Waals surface area contributed by atoms with Crippen LogP contribution in [0.4, 0.5) is 0 Å². The summed E-state index contributed by atoms with van der Waals surface area (Å²) < 4.78 is 11.9. The molecular formula is C19H31BrN2O3. The molecule has 6 heteroatoms. The number of nitrogens with two attached hydrogens (primary N) is 1. The second-order valence-corrected chi connectivity index (χ2v) is 8.92. The van der Waals surface area contributed by atoms with E-state index in [9.17, 15) is 4.79 Å². The molecule has 25 heavy (non-hydrogen) atoms. The van der Waals surface area contributed by atoms with Crippen molar-refractivity contribution in [2.24, 2.45) is 11.1 Å². The van der Waals surface area contributed by atoms with Crippen molar-refractivity contribution in [3.8, 4) is 11.5 Å². The molecule has 0 bridgehead atoms. The van der Waals surface area contributed by atoms with E-state index >= 15 is 0 Å². The number of halogens is 1. The first kappa shape index (κ1) is 21.8. The average molecular weight is 415 g/mol. The smallest absolute Gasteiger partial charge is 0.255 e. The number of carbonyl (C=O) groups is 1. The minimum absolute atomic E-state index is 0.0116. The normalized spacial score (nSPS) is 12.1. The maximum absolute atomic E-state index is 11.0. The van der Waals surface area contributed by atoms with Crippen molar-refractivity contribution in [2.45, 2.75) is 60.0 Å². The van der Waals surface area contributed by atoms with E-state index in [0.717, 1.165) is 16.5 Å². The molecule has 0 radical (unpaired) electrons. The molecule has 0 unspecified atom stereocenters. The molecule has 1 rings (SSSR count). The van der Waals surface area contributed by atoms with Crippen molar-refractivity contribution >= 4 is 21.8 Å². The zero-order valence-electron chi connectivity index (χ0n) is 16.2. The van der Waals surface area contributed by atoms with Gasteiger partial charge in [0, 0.05) is 12.1 Å². The number of primary amides is 1. The molecule has 0 heterocycles. The Hall–Kier alpha value is -1.27. The summed E-state index contributed by atoms with van der Waals surface area (Å²) in [5.74, 6) is 0.575. The van der Waals surface area contributed by atoms with Crippen LogP contribution in [0.1, 0.15) is 53.5 Å². The van der Waals surface area contributed by atoms with Gasteiger partial charge in [-0.25, -0.2) is 0 Å². The zero-order chi connectivity index (χ0) is 19.3. The second-order valence-electron chi connectivity index (χ2n) is 8.07. The Balaban J connectivity index is 2.92. The lowest BCUT2D eigenvalue weighted by molar-refractivity contribution is -0.119. The van der Waals surface area contributed by atoms with Crippen LogP contribution in [-0.2, 0) is 11.3 Å². The predicted molar refractivity (Wildman–Crippen MR) is 105 cm³/mol. The molecule has 3 N–H and O–H groups in total. The lowest BCUT2D eigenvalue weighted by Crippen LogP contribution is -2.41. The van der Waals surface area contributed by atoms with Gasteiger partial charge in [0.05, 0.1) is 11.1 Å². The summed E-state index contributed by atoms with van der Waals surface area (Å²) in [7, 11) is 0. The minimum atomic E-state index is -0.524. The number of nitrogens with one attached hydrogen (secondary N) is 1. The van der Waals surface area contributed by atoms with Gasteiger partial charge in [-0.15, -0.1) is 0 Å². The first-order chi connectivity index (χ1) is 11.4. The highest BCUT2D eigenvalue weighted by atomic mass is 79.9. The fraction of sp³-hybridized carbons (Fsp3) is 0.632. The largest absolute Gasteiger partial charge is 0.490 e. The Morgan fingerprint density at radius 2 is 1.84 bits per heavy atom. The summed E-state index contributed by atoms with van der Waals surface area (Å²) >= 11 is 3.50. The molecule has 1 aromatic rings. The summed E-state index contributed by atoms with van der Waals surface area (Å²) in [6.07, 6.45) is 1.05. The molecule has 0 aromatic heterocycles. The molecule has 0 atom stereocenters. The van der Waals surface area contributed by atoms with E-state index in [4.69, 9.17) is 15.2 Å². The van der Waals surface area contributed by atoms with E-state index in [1.54, 1.807) is 0 Å². The first-order valence-corrected chi connectivity index (χ1v) is 9.34. The van der Waals surface area contributed by atoms with Gasteiger partial charge in [-0.05, 0) is 66.2 Å². The zero-order valence-corrected chi connectivity index (χ0v) is 17.7. The predicted octanol–water partition coefficient (Wildman–Crippen LogP) is 4.02. The average Bonchev–Trinajstić information content (AvgIpc) is 2.42. The molecule has 0 aliphatic rings. The quantitative estimate of drug-likeness (QED) is 0.639. The Bertz CT molecular complexity index is 595. The highest BCUT2D eigenvalue weighted by Gasteiger charge is 2.25. The molecular weight excluding hydrogens is 384 g/mol. The van der Waals surface area contributed by atoms with Crippen molar-refractivity contribution < 1.29 is 14.3 Å². The molecule has 0 spiro atoms. The third kappa shape index (κ3) is 8.10. The van der Waals surface area contributed by atoms with Crippen LogP contribution >= 0.6 is 15.9 Å². The number of rotatable bonds is 9. The van der Waals surface area contributed by atoms with Gasteiger partial charge in [-0.1, -0.05) is 20.8 Å². The van der Waals surface area contributed by atoms with Crippen LogP contribution in [0, 0.1) is 5.41 Å². The van der Waals surface area contributed by atoms with Gasteiger partial charge in [-0.3, -0.25) is 4.79 Å². The number of carbonyl (C=O) groups excluding carboxylic acids is 1. The lowest BCUT2D eigenvalue weighted by atomic mass is 9.82. The van der Waals surface area contributed by atoms with Crippen LogP contribution in [0.3, 0.4) is 0 Å². The fourth-order valence-electron chi connectivity index (χ4n) is 3.00. The van der Waals surface area contributed by atoms with Crippen molar-refractivity contribution in [2.75, 3.05) is 13.2 Å². The van der Waals surface area contributed by atoms with Gasteiger partial charge >= 0.3 is 0 Å². The molecule has 0 saturated heterocycles. The monoisotopic (exact) mass is 414 g/mol. The van der Waals surface area contributed by atoms with Crippen LogP contribution < -0.4 is 20.5 Å². The van der Waals surface area contributed by atoms with Crippen LogP contribution in [0.2, 0.25) is 0 Å². The van der Waals surface area contributed by atoms with E-state index in [1.807, 2.05) is 19.1 Å². The standard InChI is InChI=1S/C19H31BrN2O3/c1-7-24-15-9-13(8-14(20)17(15)25-11-16(21)23)10-22-19(5,6)12-18(2,3)4/h8-9,22H,7,10-12H2,1-6H3,(H2,21,23). The maximum atomic E-state index is 11.0.